The van der Waals surface area contributed by atoms with Gasteiger partial charge in [0, 0.05) is 65.2 Å². The van der Waals surface area contributed by atoms with Gasteiger partial charge in [0.1, 0.15) is 0 Å². The summed E-state index contributed by atoms with van der Waals surface area (Å²) in [5, 5.41) is 21.0. The second-order valence-electron chi connectivity index (χ2n) is 28.1. The van der Waals surface area contributed by atoms with Gasteiger partial charge in [-0.15, -0.1) is 0 Å². The fourth-order valence-electron chi connectivity index (χ4n) is 15.3. The van der Waals surface area contributed by atoms with E-state index < -0.39 is 0 Å². The Labute approximate surface area is 467 Å². The molecule has 3 aromatic heterocycles. The highest BCUT2D eigenvalue weighted by Crippen LogP contribution is 2.53. The average Bonchev–Trinajstić information content (AvgIpc) is 3.88. The standard InChI is InChI=1S/C76H64BN3/c1-73(2,3)41-29-31-62-52(33-41)56-35-43(75(7,8)9)37-58-69(56)79(62)71-65-50-25-15-13-21-46(50)54-39-45(78-60-27-19-17-23-48(60)49-24-18-20-28-61(49)78)40-55-47-22-14-16-26-51(47)66(67(65)64(54)55)72-68(71)77(58)59-38-44(76(10,11)12)36-57-53-34-42(74(4,5)6)30-32-63(53)80(72)70(57)59/h13-40H,1-12H3. The van der Waals surface area contributed by atoms with Gasteiger partial charge in [0.05, 0.1) is 33.4 Å². The smallest absolute Gasteiger partial charge is 0.252 e. The highest BCUT2D eigenvalue weighted by atomic mass is 15.0. The predicted molar refractivity (Wildman–Crippen MR) is 348 cm³/mol. The van der Waals surface area contributed by atoms with Gasteiger partial charge in [-0.3, -0.25) is 0 Å². The van der Waals surface area contributed by atoms with E-state index in [2.05, 4.69) is 267 Å². The maximum atomic E-state index is 2.78. The van der Waals surface area contributed by atoms with Crippen molar-refractivity contribution in [1.82, 2.24) is 13.7 Å². The number of aromatic nitrogens is 3. The van der Waals surface area contributed by atoms with Crippen molar-refractivity contribution in [3.8, 4) is 17.1 Å². The summed E-state index contributed by atoms with van der Waals surface area (Å²) in [6.07, 6.45) is 0. The van der Waals surface area contributed by atoms with Gasteiger partial charge >= 0.3 is 0 Å². The Morgan fingerprint density at radius 1 is 0.275 bits per heavy atom. The summed E-state index contributed by atoms with van der Waals surface area (Å²) < 4.78 is 8.07. The van der Waals surface area contributed by atoms with Gasteiger partial charge < -0.3 is 13.7 Å². The second-order valence-corrected chi connectivity index (χ2v) is 28.1. The van der Waals surface area contributed by atoms with E-state index >= 15 is 0 Å². The van der Waals surface area contributed by atoms with Crippen LogP contribution in [0.4, 0.5) is 0 Å². The molecule has 12 aromatic carbocycles. The zero-order valence-electron chi connectivity index (χ0n) is 48.1. The Balaban J connectivity index is 1.18. The van der Waals surface area contributed by atoms with Crippen molar-refractivity contribution in [2.75, 3.05) is 0 Å². The summed E-state index contributed by atoms with van der Waals surface area (Å²) in [5.41, 5.74) is 20.9. The first-order valence-corrected chi connectivity index (χ1v) is 29.1. The minimum Gasteiger partial charge on any atom is -0.310 e. The number of rotatable bonds is 1. The third-order valence-electron chi connectivity index (χ3n) is 19.3. The molecule has 0 radical (unpaired) electrons. The number of hydrogen-bond acceptors (Lipinski definition) is 0. The SMILES string of the molecule is CC(C)(C)c1ccc2c(c1)c1cc(C(C)(C)C)cc3c1n2-c1c2c(c4c5ccccc5c5cc(-n6c7ccccc7c7ccccc76)cc6c7ccccc7c1c4c65)-n1c4ccc(C(C)(C)C)cc4c4cc(C(C)(C)C)cc(c41)B23. The number of para-hydroxylation sites is 2. The molecule has 17 rings (SSSR count). The van der Waals surface area contributed by atoms with Crippen LogP contribution >= 0.6 is 0 Å². The van der Waals surface area contributed by atoms with Crippen molar-refractivity contribution < 1.29 is 0 Å². The molecular weight excluding hydrogens is 966 g/mol. The van der Waals surface area contributed by atoms with Crippen molar-refractivity contribution in [2.45, 2.75) is 105 Å². The minimum absolute atomic E-state index is 0.0319. The van der Waals surface area contributed by atoms with Crippen LogP contribution in [0, 0.1) is 0 Å². The summed E-state index contributed by atoms with van der Waals surface area (Å²) >= 11 is 0. The fraction of sp³-hybridized carbons (Fsp3) is 0.211. The molecule has 2 aliphatic rings. The third kappa shape index (κ3) is 5.82. The van der Waals surface area contributed by atoms with Crippen molar-refractivity contribution >= 4 is 142 Å². The average molecular weight is 1030 g/mol. The Bertz CT molecular complexity index is 5010. The second kappa shape index (κ2) is 14.9. The lowest BCUT2D eigenvalue weighted by molar-refractivity contribution is 0.590. The lowest BCUT2D eigenvalue weighted by atomic mass is 9.33. The van der Waals surface area contributed by atoms with Gasteiger partial charge in [-0.25, -0.2) is 0 Å². The van der Waals surface area contributed by atoms with Crippen molar-refractivity contribution in [2.24, 2.45) is 0 Å². The van der Waals surface area contributed by atoms with Crippen LogP contribution in [0.2, 0.25) is 0 Å². The molecule has 4 heteroatoms. The van der Waals surface area contributed by atoms with E-state index in [9.17, 15) is 0 Å². The third-order valence-corrected chi connectivity index (χ3v) is 19.3. The first-order chi connectivity index (χ1) is 38.3. The largest absolute Gasteiger partial charge is 0.310 e. The van der Waals surface area contributed by atoms with Crippen LogP contribution in [0.3, 0.4) is 0 Å². The molecule has 15 aromatic rings. The molecule has 0 saturated carbocycles. The van der Waals surface area contributed by atoms with Crippen LogP contribution < -0.4 is 16.4 Å². The molecule has 386 valence electrons. The van der Waals surface area contributed by atoms with Crippen molar-refractivity contribution in [3.63, 3.8) is 0 Å². The molecule has 0 aliphatic carbocycles. The minimum atomic E-state index is -0.0999. The highest BCUT2D eigenvalue weighted by molar-refractivity contribution is 7.01. The Hall–Kier alpha value is -8.34. The maximum Gasteiger partial charge on any atom is 0.252 e. The molecule has 0 amide bonds. The maximum absolute atomic E-state index is 2.78. The fourth-order valence-corrected chi connectivity index (χ4v) is 15.3. The number of hydrogen-bond donors (Lipinski definition) is 0. The molecule has 0 atom stereocenters. The molecule has 80 heavy (non-hydrogen) atoms. The van der Waals surface area contributed by atoms with Gasteiger partial charge in [-0.2, -0.15) is 0 Å². The normalized spacial score (nSPS) is 14.0. The van der Waals surface area contributed by atoms with Gasteiger partial charge in [0.15, 0.2) is 0 Å². The Morgan fingerprint density at radius 3 is 1.05 bits per heavy atom. The van der Waals surface area contributed by atoms with Gasteiger partial charge in [-0.05, 0) is 159 Å². The highest BCUT2D eigenvalue weighted by Gasteiger charge is 2.45. The van der Waals surface area contributed by atoms with Gasteiger partial charge in [0.2, 0.25) is 0 Å². The van der Waals surface area contributed by atoms with Gasteiger partial charge in [-0.1, -0.05) is 192 Å². The zero-order valence-corrected chi connectivity index (χ0v) is 48.1. The summed E-state index contributed by atoms with van der Waals surface area (Å²) in [6, 6.07) is 67.1. The van der Waals surface area contributed by atoms with E-state index in [1.165, 1.54) is 175 Å². The Kier molecular flexibility index (Phi) is 8.68. The first kappa shape index (κ1) is 46.6. The van der Waals surface area contributed by atoms with E-state index in [1.807, 2.05) is 0 Å². The quantitative estimate of drug-likeness (QED) is 0.0884. The van der Waals surface area contributed by atoms with E-state index in [0.29, 0.717) is 0 Å². The monoisotopic (exact) mass is 1030 g/mol. The molecule has 0 fully saturated rings. The molecule has 0 N–H and O–H groups in total. The molecule has 0 spiro atoms. The summed E-state index contributed by atoms with van der Waals surface area (Å²) in [7, 11) is 0. The molecule has 0 unspecified atom stereocenters. The van der Waals surface area contributed by atoms with Crippen LogP contribution in [0.15, 0.2) is 170 Å². The number of fused-ring (bicyclic) bond motifs is 21. The Morgan fingerprint density at radius 2 is 0.637 bits per heavy atom. The van der Waals surface area contributed by atoms with Crippen LogP contribution in [0.5, 0.6) is 0 Å². The number of nitrogens with zero attached hydrogens (tertiary/aromatic N) is 3. The van der Waals surface area contributed by atoms with Crippen LogP contribution in [-0.4, -0.2) is 20.4 Å². The van der Waals surface area contributed by atoms with E-state index in [4.69, 9.17) is 0 Å². The van der Waals surface area contributed by atoms with E-state index in [0.717, 1.165) is 0 Å². The van der Waals surface area contributed by atoms with Crippen molar-refractivity contribution in [3.05, 3.63) is 192 Å². The summed E-state index contributed by atoms with van der Waals surface area (Å²) in [4.78, 5) is 0. The molecule has 0 saturated heterocycles. The van der Waals surface area contributed by atoms with Crippen LogP contribution in [-0.2, 0) is 21.7 Å². The molecule has 3 nitrogen and oxygen atoms in total. The predicted octanol–water partition coefficient (Wildman–Crippen LogP) is 18.5. The lowest BCUT2D eigenvalue weighted by Crippen LogP contribution is -2.60. The van der Waals surface area contributed by atoms with E-state index in [-0.39, 0.29) is 28.4 Å². The molecular formula is C76H64BN3. The van der Waals surface area contributed by atoms with Gasteiger partial charge in [0.25, 0.3) is 6.71 Å². The van der Waals surface area contributed by atoms with Crippen molar-refractivity contribution in [1.29, 1.82) is 0 Å². The molecule has 2 aliphatic heterocycles. The molecule has 5 heterocycles. The van der Waals surface area contributed by atoms with Crippen LogP contribution in [0.1, 0.15) is 105 Å². The summed E-state index contributed by atoms with van der Waals surface area (Å²) in [6.45, 7) is 28.5. The molecule has 0 bridgehead atoms. The number of benzene rings is 12. The first-order valence-electron chi connectivity index (χ1n) is 29.1. The zero-order chi connectivity index (χ0) is 54.6. The summed E-state index contributed by atoms with van der Waals surface area (Å²) in [5.74, 6) is 0. The van der Waals surface area contributed by atoms with Crippen LogP contribution in [0.25, 0.3) is 136 Å². The van der Waals surface area contributed by atoms with E-state index in [1.54, 1.807) is 0 Å². The topological polar surface area (TPSA) is 14.8 Å². The lowest BCUT2D eigenvalue weighted by Gasteiger charge is -2.37.